The summed E-state index contributed by atoms with van der Waals surface area (Å²) in [5.74, 6) is -1.45. The zero-order chi connectivity index (χ0) is 25.6. The van der Waals surface area contributed by atoms with Gasteiger partial charge in [0.15, 0.2) is 0 Å². The lowest BCUT2D eigenvalue weighted by atomic mass is 9.80. The molecular formula is C29H30F3NO3. The molecule has 7 heteroatoms. The summed E-state index contributed by atoms with van der Waals surface area (Å²) < 4.78 is 48.1. The predicted molar refractivity (Wildman–Crippen MR) is 131 cm³/mol. The van der Waals surface area contributed by atoms with Crippen LogP contribution in [0.15, 0.2) is 91.0 Å². The molecule has 1 saturated carbocycles. The monoisotopic (exact) mass is 497 g/mol. The highest BCUT2D eigenvalue weighted by Crippen LogP contribution is 2.43. The number of hydrogen-bond donors (Lipinski definition) is 1. The molecule has 0 bridgehead atoms. The second kappa shape index (κ2) is 11.3. The third-order valence-electron chi connectivity index (χ3n) is 6.94. The van der Waals surface area contributed by atoms with E-state index in [0.717, 1.165) is 11.1 Å². The molecule has 4 nitrogen and oxygen atoms in total. The Labute approximate surface area is 209 Å². The third kappa shape index (κ3) is 5.63. The number of aliphatic hydroxyl groups excluding tert-OH is 1. The lowest BCUT2D eigenvalue weighted by Crippen LogP contribution is -2.53. The van der Waals surface area contributed by atoms with Gasteiger partial charge in [-0.2, -0.15) is 13.2 Å². The standard InChI is InChI=1S/C29H30F3NO3/c30-29(31,32)28(21-34,24-14-8-3-9-15-24)27(35)36-26-17-16-25(18-26)33(19-22-10-4-1-5-11-22)20-23-12-6-2-7-13-23/h1-15,25-26,34H,16-21H2/t25-,26+,28-/m0/s1. The molecule has 0 heterocycles. The summed E-state index contributed by atoms with van der Waals surface area (Å²) in [6.07, 6.45) is -4.08. The van der Waals surface area contributed by atoms with Gasteiger partial charge in [0.05, 0.1) is 6.61 Å². The molecule has 0 aliphatic heterocycles. The Balaban J connectivity index is 1.51. The normalized spacial score (nSPS) is 19.7. The van der Waals surface area contributed by atoms with E-state index in [9.17, 15) is 23.1 Å². The van der Waals surface area contributed by atoms with E-state index in [2.05, 4.69) is 4.90 Å². The first-order chi connectivity index (χ1) is 17.3. The summed E-state index contributed by atoms with van der Waals surface area (Å²) in [4.78, 5) is 15.3. The molecule has 0 spiro atoms. The first-order valence-corrected chi connectivity index (χ1v) is 12.1. The highest BCUT2D eigenvalue weighted by Gasteiger charge is 2.63. The smallest absolute Gasteiger partial charge is 0.411 e. The Morgan fingerprint density at radius 3 is 1.81 bits per heavy atom. The van der Waals surface area contributed by atoms with Crippen LogP contribution in [0, 0.1) is 0 Å². The molecule has 3 aromatic carbocycles. The maximum atomic E-state index is 14.2. The van der Waals surface area contributed by atoms with Gasteiger partial charge < -0.3 is 9.84 Å². The van der Waals surface area contributed by atoms with Crippen molar-refractivity contribution in [3.63, 3.8) is 0 Å². The number of ether oxygens (including phenoxy) is 1. The number of aliphatic hydroxyl groups is 1. The minimum absolute atomic E-state index is 0.0364. The largest absolute Gasteiger partial charge is 0.461 e. The Morgan fingerprint density at radius 1 is 0.833 bits per heavy atom. The molecule has 0 aromatic heterocycles. The number of hydrogen-bond acceptors (Lipinski definition) is 4. The van der Waals surface area contributed by atoms with Crippen molar-refractivity contribution in [1.29, 1.82) is 0 Å². The molecule has 3 aromatic rings. The number of benzene rings is 3. The number of carbonyl (C=O) groups excluding carboxylic acids is 1. The summed E-state index contributed by atoms with van der Waals surface area (Å²) in [5, 5.41) is 9.85. The van der Waals surface area contributed by atoms with Crippen LogP contribution in [-0.4, -0.2) is 40.9 Å². The van der Waals surface area contributed by atoms with Gasteiger partial charge in [-0.1, -0.05) is 91.0 Å². The van der Waals surface area contributed by atoms with Gasteiger partial charge in [-0.25, -0.2) is 0 Å². The van der Waals surface area contributed by atoms with Crippen molar-refractivity contribution >= 4 is 5.97 Å². The molecular weight excluding hydrogens is 467 g/mol. The minimum Gasteiger partial charge on any atom is -0.461 e. The van der Waals surface area contributed by atoms with Crippen LogP contribution in [0.25, 0.3) is 0 Å². The topological polar surface area (TPSA) is 49.8 Å². The summed E-state index contributed by atoms with van der Waals surface area (Å²) in [7, 11) is 0. The molecule has 0 saturated heterocycles. The molecule has 4 rings (SSSR count). The average Bonchev–Trinajstić information content (AvgIpc) is 3.34. The van der Waals surface area contributed by atoms with Crippen molar-refractivity contribution in [2.45, 2.75) is 56.1 Å². The third-order valence-corrected chi connectivity index (χ3v) is 6.94. The number of nitrogens with zero attached hydrogens (tertiary/aromatic N) is 1. The summed E-state index contributed by atoms with van der Waals surface area (Å²) in [6, 6.07) is 26.8. The zero-order valence-electron chi connectivity index (χ0n) is 19.9. The van der Waals surface area contributed by atoms with Crippen molar-refractivity contribution in [1.82, 2.24) is 4.90 Å². The first kappa shape index (κ1) is 25.9. The Morgan fingerprint density at radius 2 is 1.33 bits per heavy atom. The predicted octanol–water partition coefficient (Wildman–Crippen LogP) is 5.65. The van der Waals surface area contributed by atoms with Crippen molar-refractivity contribution in [3.05, 3.63) is 108 Å². The lowest BCUT2D eigenvalue weighted by Gasteiger charge is -2.33. The first-order valence-electron chi connectivity index (χ1n) is 12.1. The minimum atomic E-state index is -5.01. The van der Waals surface area contributed by atoms with Crippen LogP contribution in [0.3, 0.4) is 0 Å². The molecule has 0 radical (unpaired) electrons. The van der Waals surface area contributed by atoms with Gasteiger partial charge in [0.1, 0.15) is 6.10 Å². The van der Waals surface area contributed by atoms with E-state index in [4.69, 9.17) is 4.74 Å². The number of esters is 1. The van der Waals surface area contributed by atoms with Gasteiger partial charge in [0, 0.05) is 19.1 Å². The van der Waals surface area contributed by atoms with Crippen LogP contribution in [0.1, 0.15) is 36.0 Å². The van der Waals surface area contributed by atoms with E-state index in [0.29, 0.717) is 32.4 Å². The number of halogens is 3. The summed E-state index contributed by atoms with van der Waals surface area (Å²) in [6.45, 7) is -0.0634. The fourth-order valence-corrected chi connectivity index (χ4v) is 4.92. The molecule has 0 amide bonds. The van der Waals surface area contributed by atoms with E-state index in [1.54, 1.807) is 6.07 Å². The van der Waals surface area contributed by atoms with E-state index in [1.165, 1.54) is 24.3 Å². The van der Waals surface area contributed by atoms with Gasteiger partial charge in [0.2, 0.25) is 5.41 Å². The second-order valence-electron chi connectivity index (χ2n) is 9.30. The molecule has 36 heavy (non-hydrogen) atoms. The molecule has 1 aliphatic rings. The van der Waals surface area contributed by atoms with Gasteiger partial charge in [-0.15, -0.1) is 0 Å². The van der Waals surface area contributed by atoms with Crippen LogP contribution in [0.5, 0.6) is 0 Å². The highest BCUT2D eigenvalue weighted by atomic mass is 19.4. The van der Waals surface area contributed by atoms with Crippen LogP contribution in [0.2, 0.25) is 0 Å². The molecule has 1 fully saturated rings. The summed E-state index contributed by atoms with van der Waals surface area (Å²) in [5.41, 5.74) is -1.17. The van der Waals surface area contributed by atoms with Gasteiger partial charge in [-0.3, -0.25) is 9.69 Å². The van der Waals surface area contributed by atoms with Crippen LogP contribution in [-0.2, 0) is 28.0 Å². The Hall–Kier alpha value is -3.16. The fraction of sp³-hybridized carbons (Fsp3) is 0.345. The SMILES string of the molecule is O=C(O[C@@H]1CC[C@H](N(Cc2ccccc2)Cc2ccccc2)C1)[C@](CO)(c1ccccc1)C(F)(F)F. The zero-order valence-corrected chi connectivity index (χ0v) is 19.9. The lowest BCUT2D eigenvalue weighted by molar-refractivity contribution is -0.219. The second-order valence-corrected chi connectivity index (χ2v) is 9.30. The van der Waals surface area contributed by atoms with E-state index in [1.807, 2.05) is 60.7 Å². The number of rotatable bonds is 9. The molecule has 190 valence electrons. The quantitative estimate of drug-likeness (QED) is 0.389. The number of carbonyl (C=O) groups is 1. The molecule has 1 aliphatic carbocycles. The maximum absolute atomic E-state index is 14.2. The van der Waals surface area contributed by atoms with Crippen molar-refractivity contribution in [2.75, 3.05) is 6.61 Å². The van der Waals surface area contributed by atoms with E-state index < -0.39 is 30.3 Å². The van der Waals surface area contributed by atoms with Crippen LogP contribution < -0.4 is 0 Å². The van der Waals surface area contributed by atoms with Crippen molar-refractivity contribution in [3.8, 4) is 0 Å². The van der Waals surface area contributed by atoms with E-state index in [-0.39, 0.29) is 11.6 Å². The van der Waals surface area contributed by atoms with Gasteiger partial charge in [-0.05, 0) is 36.0 Å². The Bertz CT molecular complexity index is 1070. The molecule has 1 N–H and O–H groups in total. The maximum Gasteiger partial charge on any atom is 0.411 e. The van der Waals surface area contributed by atoms with Gasteiger partial charge >= 0.3 is 12.1 Å². The molecule has 3 atom stereocenters. The highest BCUT2D eigenvalue weighted by molar-refractivity contribution is 5.85. The fourth-order valence-electron chi connectivity index (χ4n) is 4.92. The van der Waals surface area contributed by atoms with Gasteiger partial charge in [0.25, 0.3) is 0 Å². The van der Waals surface area contributed by atoms with Crippen molar-refractivity contribution in [2.24, 2.45) is 0 Å². The van der Waals surface area contributed by atoms with Crippen LogP contribution in [0.4, 0.5) is 13.2 Å². The number of alkyl halides is 3. The van der Waals surface area contributed by atoms with Crippen molar-refractivity contribution < 1.29 is 27.8 Å². The summed E-state index contributed by atoms with van der Waals surface area (Å²) >= 11 is 0. The van der Waals surface area contributed by atoms with E-state index >= 15 is 0 Å². The van der Waals surface area contributed by atoms with Crippen LogP contribution >= 0.6 is 0 Å². The molecule has 0 unspecified atom stereocenters. The Kier molecular flexibility index (Phi) is 8.11. The average molecular weight is 498 g/mol.